The molecule has 1 aliphatic carbocycles. The van der Waals surface area contributed by atoms with Crippen molar-refractivity contribution in [2.45, 2.75) is 32.1 Å². The van der Waals surface area contributed by atoms with E-state index >= 15 is 0 Å². The molecule has 0 bridgehead atoms. The van der Waals surface area contributed by atoms with Gasteiger partial charge < -0.3 is 10.5 Å². The van der Waals surface area contributed by atoms with Crippen molar-refractivity contribution in [1.82, 2.24) is 0 Å². The first-order chi connectivity index (χ1) is 10.2. The van der Waals surface area contributed by atoms with Gasteiger partial charge in [-0.3, -0.25) is 9.59 Å². The third kappa shape index (κ3) is 4.39. The van der Waals surface area contributed by atoms with Crippen LogP contribution >= 0.6 is 0 Å². The Hall–Kier alpha value is -1.68. The third-order valence-electron chi connectivity index (χ3n) is 4.37. The summed E-state index contributed by atoms with van der Waals surface area (Å²) in [5.41, 5.74) is 7.54. The van der Waals surface area contributed by atoms with E-state index in [0.717, 1.165) is 43.4 Å². The second kappa shape index (κ2) is 7.93. The lowest BCUT2D eigenvalue weighted by atomic mass is 9.78. The van der Waals surface area contributed by atoms with Gasteiger partial charge in [0.25, 0.3) is 6.47 Å². The molecule has 0 amide bonds. The highest BCUT2D eigenvalue weighted by Gasteiger charge is 2.26. The number of carbonyl (C=O) groups excluding carboxylic acids is 2. The first kappa shape index (κ1) is 15.7. The van der Waals surface area contributed by atoms with Gasteiger partial charge in [0.05, 0.1) is 6.61 Å². The molecule has 0 atom stereocenters. The molecule has 1 aromatic carbocycles. The highest BCUT2D eigenvalue weighted by atomic mass is 16.5. The van der Waals surface area contributed by atoms with Gasteiger partial charge in [0.15, 0.2) is 5.78 Å². The van der Waals surface area contributed by atoms with Crippen LogP contribution in [0.4, 0.5) is 0 Å². The van der Waals surface area contributed by atoms with Crippen molar-refractivity contribution in [2.24, 2.45) is 17.6 Å². The van der Waals surface area contributed by atoms with E-state index in [-0.39, 0.29) is 11.7 Å². The molecular formula is C17H23NO3. The summed E-state index contributed by atoms with van der Waals surface area (Å²) in [6.45, 7) is 1.56. The summed E-state index contributed by atoms with van der Waals surface area (Å²) in [7, 11) is 0. The molecule has 21 heavy (non-hydrogen) atoms. The zero-order valence-electron chi connectivity index (χ0n) is 12.3. The second-order valence-electron chi connectivity index (χ2n) is 5.73. The summed E-state index contributed by atoms with van der Waals surface area (Å²) in [5, 5.41) is 0. The Kier molecular flexibility index (Phi) is 5.93. The first-order valence-corrected chi connectivity index (χ1v) is 7.63. The normalized spacial score (nSPS) is 21.8. The van der Waals surface area contributed by atoms with Gasteiger partial charge in [-0.25, -0.2) is 0 Å². The molecule has 0 aliphatic heterocycles. The number of carbonyl (C=O) groups is 2. The fourth-order valence-corrected chi connectivity index (χ4v) is 2.96. The zero-order chi connectivity index (χ0) is 15.1. The van der Waals surface area contributed by atoms with Crippen LogP contribution in [0.3, 0.4) is 0 Å². The maximum atomic E-state index is 12.5. The van der Waals surface area contributed by atoms with Crippen molar-refractivity contribution in [3.8, 4) is 0 Å². The Morgan fingerprint density at radius 2 is 1.86 bits per heavy atom. The minimum absolute atomic E-state index is 0.150. The number of ether oxygens (including phenoxy) is 1. The molecule has 4 nitrogen and oxygen atoms in total. The van der Waals surface area contributed by atoms with Gasteiger partial charge in [-0.05, 0) is 43.7 Å². The lowest BCUT2D eigenvalue weighted by Gasteiger charge is -2.26. The highest BCUT2D eigenvalue weighted by Crippen LogP contribution is 2.30. The number of hydrogen-bond acceptors (Lipinski definition) is 4. The van der Waals surface area contributed by atoms with Gasteiger partial charge in [-0.2, -0.15) is 0 Å². The summed E-state index contributed by atoms with van der Waals surface area (Å²) in [5.74, 6) is 0.993. The Bertz CT molecular complexity index is 461. The number of nitrogens with two attached hydrogens (primary N) is 1. The molecule has 1 aliphatic rings. The molecule has 4 heteroatoms. The highest BCUT2D eigenvalue weighted by molar-refractivity contribution is 5.97. The van der Waals surface area contributed by atoms with Gasteiger partial charge in [-0.15, -0.1) is 0 Å². The monoisotopic (exact) mass is 289 g/mol. The number of Topliss-reactive ketones (excluding diaryl/α,β-unsaturated/α-hetero) is 1. The van der Waals surface area contributed by atoms with Crippen LogP contribution in [-0.4, -0.2) is 25.4 Å². The number of benzene rings is 1. The van der Waals surface area contributed by atoms with Gasteiger partial charge in [0, 0.05) is 17.9 Å². The van der Waals surface area contributed by atoms with E-state index in [0.29, 0.717) is 25.4 Å². The molecule has 0 spiro atoms. The summed E-state index contributed by atoms with van der Waals surface area (Å²) in [6.07, 6.45) is 4.71. The minimum atomic E-state index is 0.150. The molecule has 2 rings (SSSR count). The van der Waals surface area contributed by atoms with Crippen LogP contribution < -0.4 is 5.73 Å². The molecular weight excluding hydrogens is 266 g/mol. The number of hydrogen-bond donors (Lipinski definition) is 1. The average Bonchev–Trinajstić information content (AvgIpc) is 2.55. The van der Waals surface area contributed by atoms with Crippen LogP contribution in [0.25, 0.3) is 0 Å². The van der Waals surface area contributed by atoms with Gasteiger partial charge in [-0.1, -0.05) is 24.3 Å². The largest absolute Gasteiger partial charge is 0.468 e. The molecule has 0 unspecified atom stereocenters. The van der Waals surface area contributed by atoms with E-state index in [4.69, 9.17) is 5.73 Å². The first-order valence-electron chi connectivity index (χ1n) is 7.63. The van der Waals surface area contributed by atoms with Crippen molar-refractivity contribution in [1.29, 1.82) is 0 Å². The molecule has 0 aromatic heterocycles. The van der Waals surface area contributed by atoms with Crippen LogP contribution in [-0.2, 0) is 16.0 Å². The SMILES string of the molecule is NCC1CCC(C(=O)c2ccc(CCOC=O)cc2)CC1. The van der Waals surface area contributed by atoms with Gasteiger partial charge >= 0.3 is 0 Å². The molecule has 1 aromatic rings. The van der Waals surface area contributed by atoms with Crippen LogP contribution in [0, 0.1) is 11.8 Å². The molecule has 0 radical (unpaired) electrons. The summed E-state index contributed by atoms with van der Waals surface area (Å²) < 4.78 is 4.67. The van der Waals surface area contributed by atoms with Crippen molar-refractivity contribution in [3.05, 3.63) is 35.4 Å². The minimum Gasteiger partial charge on any atom is -0.468 e. The Morgan fingerprint density at radius 3 is 2.43 bits per heavy atom. The van der Waals surface area contributed by atoms with Crippen LogP contribution in [0.2, 0.25) is 0 Å². The van der Waals surface area contributed by atoms with Crippen molar-refractivity contribution < 1.29 is 14.3 Å². The van der Waals surface area contributed by atoms with E-state index in [2.05, 4.69) is 4.74 Å². The average molecular weight is 289 g/mol. The lowest BCUT2D eigenvalue weighted by molar-refractivity contribution is -0.128. The van der Waals surface area contributed by atoms with Crippen molar-refractivity contribution in [3.63, 3.8) is 0 Å². The van der Waals surface area contributed by atoms with Crippen LogP contribution in [0.5, 0.6) is 0 Å². The lowest BCUT2D eigenvalue weighted by Crippen LogP contribution is -2.25. The predicted octanol–water partition coefficient (Wildman–Crippen LogP) is 2.35. The smallest absolute Gasteiger partial charge is 0.293 e. The maximum Gasteiger partial charge on any atom is 0.293 e. The molecule has 1 fully saturated rings. The molecule has 0 saturated heterocycles. The number of rotatable bonds is 7. The number of ketones is 1. The topological polar surface area (TPSA) is 69.4 Å². The van der Waals surface area contributed by atoms with Crippen molar-refractivity contribution >= 4 is 12.3 Å². The molecule has 0 heterocycles. The summed E-state index contributed by atoms with van der Waals surface area (Å²) in [6, 6.07) is 7.64. The van der Waals surface area contributed by atoms with E-state index in [1.54, 1.807) is 0 Å². The second-order valence-corrected chi connectivity index (χ2v) is 5.73. The maximum absolute atomic E-state index is 12.5. The van der Waals surface area contributed by atoms with Crippen LogP contribution in [0.15, 0.2) is 24.3 Å². The Labute approximate surface area is 125 Å². The van der Waals surface area contributed by atoms with E-state index in [9.17, 15) is 9.59 Å². The summed E-state index contributed by atoms with van der Waals surface area (Å²) in [4.78, 5) is 22.5. The molecule has 114 valence electrons. The van der Waals surface area contributed by atoms with Crippen LogP contribution in [0.1, 0.15) is 41.6 Å². The third-order valence-corrected chi connectivity index (χ3v) is 4.37. The quantitative estimate of drug-likeness (QED) is 0.475. The standard InChI is InChI=1S/C17H23NO3/c18-11-14-3-7-16(8-4-14)17(20)15-5-1-13(2-6-15)9-10-21-12-19/h1-2,5-6,12,14,16H,3-4,7-11,18H2. The van der Waals surface area contributed by atoms with Crippen molar-refractivity contribution in [2.75, 3.05) is 13.2 Å². The predicted molar refractivity (Wildman–Crippen MR) is 81.0 cm³/mol. The Morgan fingerprint density at radius 1 is 1.19 bits per heavy atom. The van der Waals surface area contributed by atoms with E-state index < -0.39 is 0 Å². The summed E-state index contributed by atoms with van der Waals surface area (Å²) >= 11 is 0. The molecule has 2 N–H and O–H groups in total. The zero-order valence-corrected chi connectivity index (χ0v) is 12.3. The van der Waals surface area contributed by atoms with Gasteiger partial charge in [0.1, 0.15) is 0 Å². The van der Waals surface area contributed by atoms with Gasteiger partial charge in [0.2, 0.25) is 0 Å². The van der Waals surface area contributed by atoms with E-state index in [1.165, 1.54) is 0 Å². The molecule has 1 saturated carbocycles. The Balaban J connectivity index is 1.89. The fourth-order valence-electron chi connectivity index (χ4n) is 2.96. The fraction of sp³-hybridized carbons (Fsp3) is 0.529. The van der Waals surface area contributed by atoms with E-state index in [1.807, 2.05) is 24.3 Å².